The van der Waals surface area contributed by atoms with Gasteiger partial charge in [-0.2, -0.15) is 5.10 Å². The van der Waals surface area contributed by atoms with Gasteiger partial charge < -0.3 is 10.8 Å². The Morgan fingerprint density at radius 3 is 2.71 bits per heavy atom. The van der Waals surface area contributed by atoms with Crippen molar-refractivity contribution in [2.75, 3.05) is 0 Å². The molecule has 1 aliphatic rings. The fourth-order valence-electron chi connectivity index (χ4n) is 3.90. The van der Waals surface area contributed by atoms with Gasteiger partial charge in [-0.25, -0.2) is 9.40 Å². The number of phenols is 1. The zero-order chi connectivity index (χ0) is 24.5. The van der Waals surface area contributed by atoms with Crippen LogP contribution in [0.3, 0.4) is 0 Å². The van der Waals surface area contributed by atoms with Gasteiger partial charge in [0.05, 0.1) is 38.3 Å². The highest BCUT2D eigenvalue weighted by Gasteiger charge is 2.37. The van der Waals surface area contributed by atoms with Crippen molar-refractivity contribution < 1.29 is 19.1 Å². The van der Waals surface area contributed by atoms with Crippen molar-refractivity contribution in [1.82, 2.24) is 15.0 Å². The van der Waals surface area contributed by atoms with Gasteiger partial charge in [0.2, 0.25) is 5.91 Å². The van der Waals surface area contributed by atoms with E-state index in [0.29, 0.717) is 16.2 Å². The van der Waals surface area contributed by atoms with Crippen molar-refractivity contribution in [3.8, 4) is 16.3 Å². The molecule has 174 valence electrons. The lowest BCUT2D eigenvalue weighted by atomic mass is 9.97. The highest BCUT2D eigenvalue weighted by molar-refractivity contribution is 7.17. The predicted octanol–water partition coefficient (Wildman–Crippen LogP) is 4.14. The van der Waals surface area contributed by atoms with Crippen molar-refractivity contribution in [3.63, 3.8) is 0 Å². The summed E-state index contributed by atoms with van der Waals surface area (Å²) >= 11 is 1.24. The molecule has 0 radical (unpaired) electrons. The Kier molecular flexibility index (Phi) is 5.79. The van der Waals surface area contributed by atoms with Crippen LogP contribution in [0.15, 0.2) is 78.3 Å². The van der Waals surface area contributed by atoms with Gasteiger partial charge >= 0.3 is 0 Å². The largest absolute Gasteiger partial charge is 0.507 e. The van der Waals surface area contributed by atoms with Crippen LogP contribution in [-0.4, -0.2) is 37.6 Å². The van der Waals surface area contributed by atoms with E-state index in [1.54, 1.807) is 24.4 Å². The number of amides is 2. The molecule has 0 spiro atoms. The molecule has 4 heterocycles. The Morgan fingerprint density at radius 2 is 1.97 bits per heavy atom. The second-order valence-corrected chi connectivity index (χ2v) is 8.88. The SMILES string of the molecule is NC(=O)c1cncc(C2=NN(C(=O)c3ccc(-c4ccccn4)s3)C(c3c(O)cccc3F)C2)c1. The van der Waals surface area contributed by atoms with Crippen molar-refractivity contribution in [2.45, 2.75) is 12.5 Å². The number of halogens is 1. The number of primary amides is 1. The van der Waals surface area contributed by atoms with E-state index in [-0.39, 0.29) is 23.3 Å². The van der Waals surface area contributed by atoms with E-state index < -0.39 is 23.7 Å². The van der Waals surface area contributed by atoms with Gasteiger partial charge in [0.25, 0.3) is 5.91 Å². The van der Waals surface area contributed by atoms with Gasteiger partial charge in [0.1, 0.15) is 11.6 Å². The second kappa shape index (κ2) is 9.07. The molecule has 1 aliphatic heterocycles. The van der Waals surface area contributed by atoms with Crippen LogP contribution in [0.2, 0.25) is 0 Å². The summed E-state index contributed by atoms with van der Waals surface area (Å²) in [4.78, 5) is 34.7. The number of aromatic nitrogens is 2. The van der Waals surface area contributed by atoms with E-state index in [2.05, 4.69) is 15.1 Å². The molecule has 0 saturated heterocycles. The summed E-state index contributed by atoms with van der Waals surface area (Å²) in [6.07, 6.45) is 4.58. The summed E-state index contributed by atoms with van der Waals surface area (Å²) < 4.78 is 14.8. The number of benzene rings is 1. The Balaban J connectivity index is 1.56. The Bertz CT molecular complexity index is 1450. The van der Waals surface area contributed by atoms with Gasteiger partial charge in [0.15, 0.2) is 0 Å². The third-order valence-electron chi connectivity index (χ3n) is 5.57. The lowest BCUT2D eigenvalue weighted by molar-refractivity contribution is 0.0712. The number of aromatic hydroxyl groups is 1. The molecular weight excluding hydrogens is 469 g/mol. The molecule has 0 saturated carbocycles. The molecule has 35 heavy (non-hydrogen) atoms. The maximum atomic E-state index is 14.8. The number of carbonyl (C=O) groups excluding carboxylic acids is 2. The van der Waals surface area contributed by atoms with Gasteiger partial charge in [-0.1, -0.05) is 12.1 Å². The summed E-state index contributed by atoms with van der Waals surface area (Å²) in [7, 11) is 0. The summed E-state index contributed by atoms with van der Waals surface area (Å²) in [5.41, 5.74) is 7.11. The summed E-state index contributed by atoms with van der Waals surface area (Å²) in [6.45, 7) is 0. The molecule has 3 aromatic heterocycles. The molecule has 10 heteroatoms. The first-order valence-electron chi connectivity index (χ1n) is 10.6. The Hall–Kier alpha value is -4.44. The van der Waals surface area contributed by atoms with Crippen LogP contribution in [0, 0.1) is 5.82 Å². The number of rotatable bonds is 5. The maximum Gasteiger partial charge on any atom is 0.284 e. The molecule has 0 aliphatic carbocycles. The van der Waals surface area contributed by atoms with E-state index in [9.17, 15) is 19.1 Å². The fourth-order valence-corrected chi connectivity index (χ4v) is 4.81. The normalized spacial score (nSPS) is 15.2. The molecule has 3 N–H and O–H groups in total. The zero-order valence-corrected chi connectivity index (χ0v) is 18.9. The van der Waals surface area contributed by atoms with Crippen LogP contribution in [0.1, 0.15) is 43.6 Å². The molecule has 0 fully saturated rings. The van der Waals surface area contributed by atoms with Gasteiger partial charge in [-0.15, -0.1) is 11.3 Å². The average Bonchev–Trinajstić information content (AvgIpc) is 3.53. The van der Waals surface area contributed by atoms with Crippen LogP contribution in [-0.2, 0) is 0 Å². The molecule has 5 rings (SSSR count). The predicted molar refractivity (Wildman–Crippen MR) is 128 cm³/mol. The van der Waals surface area contributed by atoms with E-state index >= 15 is 0 Å². The molecule has 4 aromatic rings. The number of pyridine rings is 2. The van der Waals surface area contributed by atoms with Crippen molar-refractivity contribution in [2.24, 2.45) is 10.8 Å². The summed E-state index contributed by atoms with van der Waals surface area (Å²) in [6, 6.07) is 13.5. The van der Waals surface area contributed by atoms with Crippen LogP contribution in [0.4, 0.5) is 4.39 Å². The van der Waals surface area contributed by atoms with E-state index in [0.717, 1.165) is 10.6 Å². The van der Waals surface area contributed by atoms with Gasteiger partial charge in [-0.3, -0.25) is 19.6 Å². The first kappa shape index (κ1) is 22.4. The molecule has 1 aromatic carbocycles. The zero-order valence-electron chi connectivity index (χ0n) is 18.1. The quantitative estimate of drug-likeness (QED) is 0.438. The molecule has 1 atom stereocenters. The van der Waals surface area contributed by atoms with E-state index in [1.807, 2.05) is 12.1 Å². The number of thiophene rings is 1. The number of nitrogens with two attached hydrogens (primary N) is 1. The third kappa shape index (κ3) is 4.26. The number of hydrazone groups is 1. The van der Waals surface area contributed by atoms with Crippen molar-refractivity contribution in [1.29, 1.82) is 0 Å². The molecule has 8 nitrogen and oxygen atoms in total. The minimum Gasteiger partial charge on any atom is -0.507 e. The molecule has 1 unspecified atom stereocenters. The number of carbonyl (C=O) groups is 2. The minimum atomic E-state index is -0.906. The summed E-state index contributed by atoms with van der Waals surface area (Å²) in [5, 5.41) is 16.1. The van der Waals surface area contributed by atoms with Crippen LogP contribution in [0.25, 0.3) is 10.6 Å². The van der Waals surface area contributed by atoms with Crippen molar-refractivity contribution in [3.05, 3.63) is 101 Å². The van der Waals surface area contributed by atoms with Crippen LogP contribution in [0.5, 0.6) is 5.75 Å². The number of hydrogen-bond acceptors (Lipinski definition) is 7. The van der Waals surface area contributed by atoms with Crippen LogP contribution < -0.4 is 5.73 Å². The highest BCUT2D eigenvalue weighted by Crippen LogP contribution is 2.40. The van der Waals surface area contributed by atoms with E-state index in [4.69, 9.17) is 5.73 Å². The third-order valence-corrected chi connectivity index (χ3v) is 6.67. The Labute approximate surface area is 203 Å². The maximum absolute atomic E-state index is 14.8. The number of nitrogens with zero attached hydrogens (tertiary/aromatic N) is 4. The lowest BCUT2D eigenvalue weighted by Gasteiger charge is -2.22. The average molecular weight is 488 g/mol. The lowest BCUT2D eigenvalue weighted by Crippen LogP contribution is -2.27. The highest BCUT2D eigenvalue weighted by atomic mass is 32.1. The molecule has 0 bridgehead atoms. The topological polar surface area (TPSA) is 122 Å². The first-order chi connectivity index (χ1) is 16.9. The van der Waals surface area contributed by atoms with Crippen molar-refractivity contribution >= 4 is 28.9 Å². The number of hydrogen-bond donors (Lipinski definition) is 2. The molecule has 2 amide bonds. The van der Waals surface area contributed by atoms with E-state index in [1.165, 1.54) is 53.0 Å². The van der Waals surface area contributed by atoms with Crippen LogP contribution >= 0.6 is 11.3 Å². The minimum absolute atomic E-state index is 0.0416. The fraction of sp³-hybridized carbons (Fsp3) is 0.0800. The Morgan fingerprint density at radius 1 is 1.11 bits per heavy atom. The second-order valence-electron chi connectivity index (χ2n) is 7.79. The first-order valence-corrected chi connectivity index (χ1v) is 11.4. The standard InChI is InChI=1S/C25H18FN5O3S/c26-16-4-3-6-20(32)23(16)19-11-18(14-10-15(24(27)33)13-28-12-14)30-31(19)25(34)22-8-7-21(35-22)17-5-1-2-9-29-17/h1-10,12-13,19,32H,11H2,(H2,27,33). The number of phenolic OH excluding ortho intramolecular Hbond substituents is 1. The summed E-state index contributed by atoms with van der Waals surface area (Å²) in [5.74, 6) is -2.06. The van der Waals surface area contributed by atoms with Gasteiger partial charge in [0, 0.05) is 30.6 Å². The van der Waals surface area contributed by atoms with Gasteiger partial charge in [-0.05, 0) is 42.5 Å². The smallest absolute Gasteiger partial charge is 0.284 e. The molecular formula is C25H18FN5O3S. The monoisotopic (exact) mass is 487 g/mol.